The molecule has 2 heterocycles. The van der Waals surface area contributed by atoms with Crippen molar-refractivity contribution < 1.29 is 14.4 Å². The lowest BCUT2D eigenvalue weighted by Crippen LogP contribution is -2.35. The van der Waals surface area contributed by atoms with Crippen LogP contribution in [0.2, 0.25) is 0 Å². The SMILES string of the molecule is CC(C)C[C@H]1NC(=O)N(CCCN2CCCC2=O)C1=O. The quantitative estimate of drug-likeness (QED) is 0.737. The summed E-state index contributed by atoms with van der Waals surface area (Å²) in [5.74, 6) is 0.419. The van der Waals surface area contributed by atoms with E-state index in [1.807, 2.05) is 18.7 Å². The van der Waals surface area contributed by atoms with Crippen molar-refractivity contribution in [1.82, 2.24) is 15.1 Å². The van der Waals surface area contributed by atoms with Gasteiger partial charge in [0.2, 0.25) is 5.91 Å². The molecule has 0 unspecified atom stereocenters. The van der Waals surface area contributed by atoms with Crippen molar-refractivity contribution in [2.45, 2.75) is 45.6 Å². The van der Waals surface area contributed by atoms with Gasteiger partial charge in [-0.15, -0.1) is 0 Å². The second-order valence-corrected chi connectivity index (χ2v) is 5.96. The Hall–Kier alpha value is -1.59. The molecule has 0 aromatic rings. The van der Waals surface area contributed by atoms with E-state index in [2.05, 4.69) is 5.32 Å². The van der Waals surface area contributed by atoms with E-state index in [0.717, 1.165) is 13.0 Å². The molecule has 1 atom stereocenters. The van der Waals surface area contributed by atoms with Gasteiger partial charge in [-0.2, -0.15) is 0 Å². The number of hydrogen-bond acceptors (Lipinski definition) is 3. The number of nitrogens with zero attached hydrogens (tertiary/aromatic N) is 2. The lowest BCUT2D eigenvalue weighted by Gasteiger charge is -2.18. The topological polar surface area (TPSA) is 69.7 Å². The molecule has 0 bridgehead atoms. The van der Waals surface area contributed by atoms with Crippen LogP contribution in [-0.2, 0) is 9.59 Å². The fourth-order valence-corrected chi connectivity index (χ4v) is 2.78. The standard InChI is InChI=1S/C14H23N3O3/c1-10(2)9-11-13(19)17(14(20)15-11)8-4-7-16-6-3-5-12(16)18/h10-11H,3-9H2,1-2H3,(H,15,20)/t11-/m1/s1. The van der Waals surface area contributed by atoms with Crippen LogP contribution >= 0.6 is 0 Å². The molecule has 6 heteroatoms. The monoisotopic (exact) mass is 281 g/mol. The van der Waals surface area contributed by atoms with Crippen LogP contribution in [0.15, 0.2) is 0 Å². The van der Waals surface area contributed by atoms with Gasteiger partial charge < -0.3 is 10.2 Å². The molecule has 6 nitrogen and oxygen atoms in total. The molecule has 0 saturated carbocycles. The van der Waals surface area contributed by atoms with Crippen LogP contribution in [0.5, 0.6) is 0 Å². The van der Waals surface area contributed by atoms with E-state index in [1.54, 1.807) is 0 Å². The Balaban J connectivity index is 1.79. The van der Waals surface area contributed by atoms with E-state index in [1.165, 1.54) is 4.90 Å². The lowest BCUT2D eigenvalue weighted by molar-refractivity contribution is -0.128. The summed E-state index contributed by atoms with van der Waals surface area (Å²) < 4.78 is 0. The molecule has 2 rings (SSSR count). The zero-order valence-electron chi connectivity index (χ0n) is 12.2. The van der Waals surface area contributed by atoms with Crippen LogP contribution in [0.4, 0.5) is 4.79 Å². The van der Waals surface area contributed by atoms with Gasteiger partial charge in [-0.3, -0.25) is 14.5 Å². The van der Waals surface area contributed by atoms with Crippen LogP contribution < -0.4 is 5.32 Å². The molecule has 1 N–H and O–H groups in total. The summed E-state index contributed by atoms with van der Waals surface area (Å²) in [5, 5.41) is 2.73. The Morgan fingerprint density at radius 1 is 1.25 bits per heavy atom. The Kier molecular flexibility index (Phi) is 4.62. The minimum Gasteiger partial charge on any atom is -0.343 e. The molecule has 0 aromatic carbocycles. The molecule has 0 spiro atoms. The predicted octanol–water partition coefficient (Wildman–Crippen LogP) is 0.965. The maximum Gasteiger partial charge on any atom is 0.324 e. The summed E-state index contributed by atoms with van der Waals surface area (Å²) in [7, 11) is 0. The third-order valence-electron chi connectivity index (χ3n) is 3.80. The summed E-state index contributed by atoms with van der Waals surface area (Å²) in [5.41, 5.74) is 0. The third kappa shape index (κ3) is 3.29. The van der Waals surface area contributed by atoms with Gasteiger partial charge in [-0.05, 0) is 25.2 Å². The molecule has 2 aliphatic rings. The highest BCUT2D eigenvalue weighted by Gasteiger charge is 2.37. The Morgan fingerprint density at radius 2 is 2.00 bits per heavy atom. The number of urea groups is 1. The molecular weight excluding hydrogens is 258 g/mol. The van der Waals surface area contributed by atoms with Crippen LogP contribution in [0.25, 0.3) is 0 Å². The minimum atomic E-state index is -0.379. The molecular formula is C14H23N3O3. The van der Waals surface area contributed by atoms with Crippen molar-refractivity contribution >= 4 is 17.8 Å². The van der Waals surface area contributed by atoms with Crippen molar-refractivity contribution in [2.24, 2.45) is 5.92 Å². The van der Waals surface area contributed by atoms with E-state index in [-0.39, 0.29) is 23.9 Å². The second-order valence-electron chi connectivity index (χ2n) is 5.96. The van der Waals surface area contributed by atoms with E-state index in [9.17, 15) is 14.4 Å². The van der Waals surface area contributed by atoms with Crippen molar-refractivity contribution in [3.63, 3.8) is 0 Å². The second kappa shape index (κ2) is 6.24. The van der Waals surface area contributed by atoms with Gasteiger partial charge >= 0.3 is 6.03 Å². The summed E-state index contributed by atoms with van der Waals surface area (Å²) in [6.07, 6.45) is 2.86. The molecule has 112 valence electrons. The normalized spacial score (nSPS) is 23.1. The van der Waals surface area contributed by atoms with E-state index < -0.39 is 0 Å². The maximum atomic E-state index is 12.1. The first kappa shape index (κ1) is 14.8. The first-order chi connectivity index (χ1) is 9.49. The van der Waals surface area contributed by atoms with Gasteiger partial charge in [-0.1, -0.05) is 13.8 Å². The Morgan fingerprint density at radius 3 is 2.60 bits per heavy atom. The summed E-state index contributed by atoms with van der Waals surface area (Å²) in [4.78, 5) is 38.5. The number of hydrogen-bond donors (Lipinski definition) is 1. The van der Waals surface area contributed by atoms with E-state index in [4.69, 9.17) is 0 Å². The highest BCUT2D eigenvalue weighted by molar-refractivity contribution is 6.04. The highest BCUT2D eigenvalue weighted by Crippen LogP contribution is 2.15. The molecule has 0 aromatic heterocycles. The highest BCUT2D eigenvalue weighted by atomic mass is 16.2. The van der Waals surface area contributed by atoms with Gasteiger partial charge in [0.1, 0.15) is 6.04 Å². The van der Waals surface area contributed by atoms with Gasteiger partial charge in [-0.25, -0.2) is 4.79 Å². The number of imide groups is 1. The summed E-state index contributed by atoms with van der Waals surface area (Å²) >= 11 is 0. The van der Waals surface area contributed by atoms with E-state index >= 15 is 0 Å². The Labute approximate surface area is 119 Å². The van der Waals surface area contributed by atoms with Gasteiger partial charge in [0.05, 0.1) is 0 Å². The summed E-state index contributed by atoms with van der Waals surface area (Å²) in [6.45, 7) is 5.88. The third-order valence-corrected chi connectivity index (χ3v) is 3.80. The van der Waals surface area contributed by atoms with Crippen LogP contribution in [0.1, 0.15) is 39.5 Å². The maximum absolute atomic E-state index is 12.1. The first-order valence-electron chi connectivity index (χ1n) is 7.38. The van der Waals surface area contributed by atoms with Crippen molar-refractivity contribution in [2.75, 3.05) is 19.6 Å². The fraction of sp³-hybridized carbons (Fsp3) is 0.786. The number of rotatable bonds is 6. The van der Waals surface area contributed by atoms with Crippen molar-refractivity contribution in [1.29, 1.82) is 0 Å². The molecule has 2 saturated heterocycles. The van der Waals surface area contributed by atoms with Crippen molar-refractivity contribution in [3.8, 4) is 0 Å². The fourth-order valence-electron chi connectivity index (χ4n) is 2.78. The van der Waals surface area contributed by atoms with Gasteiger partial charge in [0, 0.05) is 26.1 Å². The van der Waals surface area contributed by atoms with Crippen LogP contribution in [-0.4, -0.2) is 53.3 Å². The number of amides is 4. The van der Waals surface area contributed by atoms with Crippen LogP contribution in [0, 0.1) is 5.92 Å². The molecule has 4 amide bonds. The molecule has 2 fully saturated rings. The Bertz CT molecular complexity index is 408. The number of nitrogens with one attached hydrogen (secondary N) is 1. The summed E-state index contributed by atoms with van der Waals surface area (Å²) in [6, 6.07) is -0.677. The van der Waals surface area contributed by atoms with Gasteiger partial charge in [0.15, 0.2) is 0 Å². The zero-order valence-corrected chi connectivity index (χ0v) is 12.2. The van der Waals surface area contributed by atoms with Crippen LogP contribution in [0.3, 0.4) is 0 Å². The van der Waals surface area contributed by atoms with Crippen molar-refractivity contribution in [3.05, 3.63) is 0 Å². The number of carbonyl (C=O) groups is 3. The number of carbonyl (C=O) groups excluding carboxylic acids is 3. The number of likely N-dealkylation sites (tertiary alicyclic amines) is 1. The largest absolute Gasteiger partial charge is 0.343 e. The smallest absolute Gasteiger partial charge is 0.324 e. The lowest BCUT2D eigenvalue weighted by atomic mass is 10.0. The molecule has 20 heavy (non-hydrogen) atoms. The van der Waals surface area contributed by atoms with E-state index in [0.29, 0.717) is 38.3 Å². The molecule has 2 aliphatic heterocycles. The predicted molar refractivity (Wildman–Crippen MR) is 73.9 cm³/mol. The minimum absolute atomic E-state index is 0.128. The first-order valence-corrected chi connectivity index (χ1v) is 7.38. The molecule has 0 radical (unpaired) electrons. The zero-order chi connectivity index (χ0) is 14.7. The van der Waals surface area contributed by atoms with Gasteiger partial charge in [0.25, 0.3) is 5.91 Å². The molecule has 0 aliphatic carbocycles. The average molecular weight is 281 g/mol. The average Bonchev–Trinajstić information content (AvgIpc) is 2.88.